The van der Waals surface area contributed by atoms with Gasteiger partial charge in [0, 0.05) is 22.9 Å². The van der Waals surface area contributed by atoms with Crippen LogP contribution in [-0.4, -0.2) is 21.3 Å². The van der Waals surface area contributed by atoms with Crippen LogP contribution in [0.5, 0.6) is 0 Å². The summed E-state index contributed by atoms with van der Waals surface area (Å²) in [6.45, 7) is 1.88. The molecule has 0 aliphatic heterocycles. The zero-order valence-electron chi connectivity index (χ0n) is 11.9. The summed E-state index contributed by atoms with van der Waals surface area (Å²) >= 11 is 0. The number of benzene rings is 2. The molecular formula is C18H12N2O2. The van der Waals surface area contributed by atoms with Crippen molar-refractivity contribution in [3.8, 4) is 5.69 Å². The van der Waals surface area contributed by atoms with Gasteiger partial charge in [0.2, 0.25) is 0 Å². The third-order valence-corrected chi connectivity index (χ3v) is 3.90. The molecule has 0 unspecified atom stereocenters. The van der Waals surface area contributed by atoms with Crippen LogP contribution < -0.4 is 0 Å². The second kappa shape index (κ2) is 4.49. The van der Waals surface area contributed by atoms with E-state index in [0.29, 0.717) is 27.9 Å². The van der Waals surface area contributed by atoms with Crippen molar-refractivity contribution < 1.29 is 9.59 Å². The zero-order valence-corrected chi connectivity index (χ0v) is 11.9. The maximum absolute atomic E-state index is 12.9. The number of hydrogen-bond acceptors (Lipinski definition) is 3. The second-order valence-corrected chi connectivity index (χ2v) is 5.31. The van der Waals surface area contributed by atoms with Crippen molar-refractivity contribution in [3.63, 3.8) is 0 Å². The summed E-state index contributed by atoms with van der Waals surface area (Å²) in [5, 5.41) is 4.36. The summed E-state index contributed by atoms with van der Waals surface area (Å²) < 4.78 is 1.65. The molecule has 0 radical (unpaired) electrons. The van der Waals surface area contributed by atoms with E-state index in [4.69, 9.17) is 0 Å². The van der Waals surface area contributed by atoms with E-state index in [1.165, 1.54) is 0 Å². The van der Waals surface area contributed by atoms with Crippen LogP contribution in [0.3, 0.4) is 0 Å². The highest BCUT2D eigenvalue weighted by Crippen LogP contribution is 2.30. The third-order valence-electron chi connectivity index (χ3n) is 3.90. The monoisotopic (exact) mass is 288 g/mol. The van der Waals surface area contributed by atoms with Crippen molar-refractivity contribution in [2.24, 2.45) is 0 Å². The molecule has 22 heavy (non-hydrogen) atoms. The number of hydrogen-bond donors (Lipinski definition) is 0. The highest BCUT2D eigenvalue weighted by molar-refractivity contribution is 6.29. The van der Waals surface area contributed by atoms with Gasteiger partial charge in [0.15, 0.2) is 11.6 Å². The second-order valence-electron chi connectivity index (χ2n) is 5.31. The lowest BCUT2D eigenvalue weighted by molar-refractivity contribution is 0.0979. The fourth-order valence-corrected chi connectivity index (χ4v) is 2.87. The molecule has 0 N–H and O–H groups in total. The summed E-state index contributed by atoms with van der Waals surface area (Å²) in [5.41, 5.74) is 3.28. The van der Waals surface area contributed by atoms with Gasteiger partial charge in [0.1, 0.15) is 0 Å². The fourth-order valence-electron chi connectivity index (χ4n) is 2.87. The Bertz CT molecular complexity index is 938. The first-order valence-electron chi connectivity index (χ1n) is 7.01. The molecule has 1 aromatic heterocycles. The number of nitrogens with zero attached hydrogens (tertiary/aromatic N) is 2. The first-order chi connectivity index (χ1) is 10.7. The molecular weight excluding hydrogens is 276 g/mol. The molecule has 0 spiro atoms. The van der Waals surface area contributed by atoms with Crippen molar-refractivity contribution in [1.29, 1.82) is 0 Å². The Labute approximate surface area is 127 Å². The van der Waals surface area contributed by atoms with Gasteiger partial charge in [-0.3, -0.25) is 9.59 Å². The van der Waals surface area contributed by atoms with Crippen LogP contribution in [0.15, 0.2) is 54.7 Å². The number of carbonyl (C=O) groups excluding carboxylic acids is 2. The molecule has 0 atom stereocenters. The Kier molecular flexibility index (Phi) is 2.60. The highest BCUT2D eigenvalue weighted by Gasteiger charge is 2.31. The van der Waals surface area contributed by atoms with Crippen LogP contribution in [0.4, 0.5) is 0 Å². The van der Waals surface area contributed by atoms with Crippen molar-refractivity contribution in [3.05, 3.63) is 82.7 Å². The van der Waals surface area contributed by atoms with E-state index in [-0.39, 0.29) is 11.6 Å². The smallest absolute Gasteiger partial charge is 0.196 e. The number of aromatic nitrogens is 2. The summed E-state index contributed by atoms with van der Waals surface area (Å²) in [7, 11) is 0. The van der Waals surface area contributed by atoms with E-state index < -0.39 is 0 Å². The molecule has 2 aromatic carbocycles. The van der Waals surface area contributed by atoms with Crippen molar-refractivity contribution in [2.75, 3.05) is 0 Å². The molecule has 1 aliphatic carbocycles. The number of fused-ring (bicyclic) bond motifs is 2. The lowest BCUT2D eigenvalue weighted by Crippen LogP contribution is -2.23. The maximum Gasteiger partial charge on any atom is 0.196 e. The molecule has 3 aromatic rings. The molecule has 4 heteroatoms. The van der Waals surface area contributed by atoms with Gasteiger partial charge in [-0.05, 0) is 19.1 Å². The first-order valence-corrected chi connectivity index (χ1v) is 7.01. The van der Waals surface area contributed by atoms with Gasteiger partial charge in [0.05, 0.1) is 16.9 Å². The quantitative estimate of drug-likeness (QED) is 0.541. The van der Waals surface area contributed by atoms with Crippen LogP contribution in [0.2, 0.25) is 0 Å². The molecule has 4 nitrogen and oxygen atoms in total. The zero-order chi connectivity index (χ0) is 15.3. The summed E-state index contributed by atoms with van der Waals surface area (Å²) in [5.74, 6) is -0.245. The molecule has 1 aliphatic rings. The highest BCUT2D eigenvalue weighted by atomic mass is 16.1. The van der Waals surface area contributed by atoms with E-state index in [1.54, 1.807) is 47.3 Å². The van der Waals surface area contributed by atoms with Gasteiger partial charge in [-0.15, -0.1) is 0 Å². The van der Waals surface area contributed by atoms with Gasteiger partial charge in [-0.1, -0.05) is 36.4 Å². The van der Waals surface area contributed by atoms with Crippen LogP contribution in [0, 0.1) is 6.92 Å². The van der Waals surface area contributed by atoms with E-state index >= 15 is 0 Å². The predicted octanol–water partition coefficient (Wildman–Crippen LogP) is 2.96. The minimum absolute atomic E-state index is 0.115. The minimum Gasteiger partial charge on any atom is -0.289 e. The largest absolute Gasteiger partial charge is 0.289 e. The Balaban J connectivity index is 2.01. The SMILES string of the molecule is Cc1ccn(-c2cccc3c2C(=O)c2ccccc2C3=O)n1. The number of aryl methyl sites for hydroxylation is 1. The van der Waals surface area contributed by atoms with E-state index in [2.05, 4.69) is 5.10 Å². The van der Waals surface area contributed by atoms with E-state index in [9.17, 15) is 9.59 Å². The number of rotatable bonds is 1. The van der Waals surface area contributed by atoms with Crippen LogP contribution in [-0.2, 0) is 0 Å². The normalized spacial score (nSPS) is 13.0. The van der Waals surface area contributed by atoms with E-state index in [1.807, 2.05) is 19.1 Å². The molecule has 0 saturated heterocycles. The molecule has 0 fully saturated rings. The Morgan fingerprint density at radius 2 is 1.50 bits per heavy atom. The standard InChI is InChI=1S/C18H12N2O2/c1-11-9-10-20(19-11)15-8-4-7-14-16(15)18(22)13-6-3-2-5-12(13)17(14)21/h2-10H,1H3. The molecule has 0 saturated carbocycles. The predicted molar refractivity (Wildman–Crippen MR) is 81.6 cm³/mol. The average Bonchev–Trinajstić information content (AvgIpc) is 2.98. The average molecular weight is 288 g/mol. The van der Waals surface area contributed by atoms with Gasteiger partial charge in [0.25, 0.3) is 0 Å². The van der Waals surface area contributed by atoms with E-state index in [0.717, 1.165) is 5.69 Å². The minimum atomic E-state index is -0.131. The molecule has 4 rings (SSSR count). The number of carbonyl (C=O) groups is 2. The lowest BCUT2D eigenvalue weighted by atomic mass is 9.83. The third kappa shape index (κ3) is 1.67. The molecule has 106 valence electrons. The summed E-state index contributed by atoms with van der Waals surface area (Å²) in [6.07, 6.45) is 1.79. The van der Waals surface area contributed by atoms with Crippen LogP contribution in [0.25, 0.3) is 5.69 Å². The number of ketones is 2. The fraction of sp³-hybridized carbons (Fsp3) is 0.0556. The summed E-state index contributed by atoms with van der Waals surface area (Å²) in [6, 6.07) is 14.1. The van der Waals surface area contributed by atoms with Crippen molar-refractivity contribution in [1.82, 2.24) is 9.78 Å². The molecule has 0 amide bonds. The lowest BCUT2D eigenvalue weighted by Gasteiger charge is -2.19. The van der Waals surface area contributed by atoms with Gasteiger partial charge < -0.3 is 0 Å². The van der Waals surface area contributed by atoms with Crippen LogP contribution in [0.1, 0.15) is 37.5 Å². The van der Waals surface area contributed by atoms with Crippen molar-refractivity contribution >= 4 is 11.6 Å². The molecule has 0 bridgehead atoms. The van der Waals surface area contributed by atoms with Gasteiger partial charge in [-0.2, -0.15) is 5.10 Å². The first kappa shape index (κ1) is 12.7. The maximum atomic E-state index is 12.9. The topological polar surface area (TPSA) is 52.0 Å². The summed E-state index contributed by atoms with van der Waals surface area (Å²) in [4.78, 5) is 25.5. The van der Waals surface area contributed by atoms with Gasteiger partial charge >= 0.3 is 0 Å². The Morgan fingerprint density at radius 1 is 0.818 bits per heavy atom. The molecule has 1 heterocycles. The Morgan fingerprint density at radius 3 is 2.18 bits per heavy atom. The van der Waals surface area contributed by atoms with Gasteiger partial charge in [-0.25, -0.2) is 4.68 Å². The Hall–Kier alpha value is -3.01. The van der Waals surface area contributed by atoms with Crippen LogP contribution >= 0.6 is 0 Å². The van der Waals surface area contributed by atoms with Crippen molar-refractivity contribution in [2.45, 2.75) is 6.92 Å².